The molecule has 1 aliphatic heterocycles. The molecule has 0 aromatic heterocycles. The van der Waals surface area contributed by atoms with E-state index in [1.54, 1.807) is 19.2 Å². The van der Waals surface area contributed by atoms with Gasteiger partial charge in [0.25, 0.3) is 0 Å². The SMILES string of the molecule is COc1ccc(CCC2=C(C(=O)OCc3cccc(F)c3)C(c3cccc(F)c3)NC(=O)N2)cc1. The lowest BCUT2D eigenvalue weighted by Crippen LogP contribution is -2.46. The van der Waals surface area contributed by atoms with Crippen molar-refractivity contribution >= 4 is 12.0 Å². The zero-order valence-corrected chi connectivity index (χ0v) is 19.0. The van der Waals surface area contributed by atoms with E-state index in [-0.39, 0.29) is 12.2 Å². The van der Waals surface area contributed by atoms with Crippen LogP contribution in [0.2, 0.25) is 0 Å². The van der Waals surface area contributed by atoms with Crippen LogP contribution < -0.4 is 15.4 Å². The number of hydrogen-bond donors (Lipinski definition) is 2. The Morgan fingerprint density at radius 3 is 2.31 bits per heavy atom. The van der Waals surface area contributed by atoms with Gasteiger partial charge in [-0.3, -0.25) is 0 Å². The summed E-state index contributed by atoms with van der Waals surface area (Å²) in [6.45, 7) is -0.157. The number of carbonyl (C=O) groups is 2. The Morgan fingerprint density at radius 2 is 1.63 bits per heavy atom. The van der Waals surface area contributed by atoms with Crippen LogP contribution in [0.4, 0.5) is 13.6 Å². The minimum atomic E-state index is -0.912. The lowest BCUT2D eigenvalue weighted by molar-refractivity contribution is -0.140. The molecule has 0 aliphatic carbocycles. The van der Waals surface area contributed by atoms with E-state index in [9.17, 15) is 18.4 Å². The van der Waals surface area contributed by atoms with Gasteiger partial charge < -0.3 is 20.1 Å². The summed E-state index contributed by atoms with van der Waals surface area (Å²) >= 11 is 0. The molecule has 35 heavy (non-hydrogen) atoms. The molecule has 8 heteroatoms. The first-order valence-corrected chi connectivity index (χ1v) is 11.0. The molecule has 0 bridgehead atoms. The Kier molecular flexibility index (Phi) is 7.40. The van der Waals surface area contributed by atoms with Crippen LogP contribution in [0.5, 0.6) is 5.75 Å². The van der Waals surface area contributed by atoms with Crippen molar-refractivity contribution in [3.63, 3.8) is 0 Å². The molecule has 2 amide bonds. The van der Waals surface area contributed by atoms with Crippen molar-refractivity contribution in [1.29, 1.82) is 0 Å². The van der Waals surface area contributed by atoms with Crippen molar-refractivity contribution in [1.82, 2.24) is 10.6 Å². The van der Waals surface area contributed by atoms with Gasteiger partial charge in [0.05, 0.1) is 18.7 Å². The van der Waals surface area contributed by atoms with E-state index in [1.165, 1.54) is 36.4 Å². The number of nitrogens with one attached hydrogen (secondary N) is 2. The van der Waals surface area contributed by atoms with Crippen LogP contribution in [0.1, 0.15) is 29.2 Å². The smallest absolute Gasteiger partial charge is 0.338 e. The fourth-order valence-corrected chi connectivity index (χ4v) is 3.91. The third kappa shape index (κ3) is 6.03. The maximum absolute atomic E-state index is 14.0. The molecule has 1 unspecified atom stereocenters. The molecule has 1 atom stereocenters. The standard InChI is InChI=1S/C27H24F2N2O4/c1-34-22-11-8-17(9-12-22)10-13-23-24(26(32)35-16-18-4-2-6-20(28)14-18)25(31-27(33)30-23)19-5-3-7-21(29)15-19/h2-9,11-12,14-15,25H,10,13,16H2,1H3,(H2,30,31,33). The molecular weight excluding hydrogens is 454 g/mol. The summed E-state index contributed by atoms with van der Waals surface area (Å²) in [4.78, 5) is 25.7. The van der Waals surface area contributed by atoms with E-state index in [4.69, 9.17) is 9.47 Å². The highest BCUT2D eigenvalue weighted by molar-refractivity contribution is 5.95. The maximum Gasteiger partial charge on any atom is 0.338 e. The Bertz CT molecular complexity index is 1260. The number of hydrogen-bond acceptors (Lipinski definition) is 4. The number of allylic oxidation sites excluding steroid dienone is 1. The van der Waals surface area contributed by atoms with Crippen molar-refractivity contribution in [3.8, 4) is 5.75 Å². The number of esters is 1. The normalized spacial score (nSPS) is 15.3. The first-order chi connectivity index (χ1) is 16.9. The molecule has 0 radical (unpaired) electrons. The first kappa shape index (κ1) is 23.9. The summed E-state index contributed by atoms with van der Waals surface area (Å²) in [6, 6.07) is 17.4. The van der Waals surface area contributed by atoms with Crippen LogP contribution in [0.3, 0.4) is 0 Å². The van der Waals surface area contributed by atoms with Gasteiger partial charge in [0.1, 0.15) is 24.0 Å². The zero-order valence-electron chi connectivity index (χ0n) is 19.0. The molecule has 3 aromatic carbocycles. The lowest BCUT2D eigenvalue weighted by Gasteiger charge is -2.29. The van der Waals surface area contributed by atoms with E-state index in [0.29, 0.717) is 29.7 Å². The number of methoxy groups -OCH3 is 1. The summed E-state index contributed by atoms with van der Waals surface area (Å²) in [7, 11) is 1.58. The summed E-state index contributed by atoms with van der Waals surface area (Å²) in [6.07, 6.45) is 0.853. The minimum Gasteiger partial charge on any atom is -0.497 e. The van der Waals surface area contributed by atoms with Gasteiger partial charge in [0.2, 0.25) is 0 Å². The van der Waals surface area contributed by atoms with Crippen LogP contribution in [-0.2, 0) is 22.6 Å². The number of ether oxygens (including phenoxy) is 2. The van der Waals surface area contributed by atoms with E-state index in [0.717, 1.165) is 11.3 Å². The fraction of sp³-hybridized carbons (Fsp3) is 0.185. The number of halogens is 2. The van der Waals surface area contributed by atoms with Crippen LogP contribution >= 0.6 is 0 Å². The highest BCUT2D eigenvalue weighted by Crippen LogP contribution is 2.30. The molecule has 4 rings (SSSR count). The van der Waals surface area contributed by atoms with Crippen LogP contribution in [-0.4, -0.2) is 19.1 Å². The third-order valence-electron chi connectivity index (χ3n) is 5.64. The second kappa shape index (κ2) is 10.8. The summed E-state index contributed by atoms with van der Waals surface area (Å²) in [5.74, 6) is -0.915. The molecule has 0 fully saturated rings. The number of benzene rings is 3. The van der Waals surface area contributed by atoms with Crippen molar-refractivity contribution in [2.75, 3.05) is 7.11 Å². The number of amides is 2. The van der Waals surface area contributed by atoms with E-state index in [1.807, 2.05) is 24.3 Å². The van der Waals surface area contributed by atoms with Gasteiger partial charge >= 0.3 is 12.0 Å². The van der Waals surface area contributed by atoms with Crippen LogP contribution in [0.25, 0.3) is 0 Å². The Labute approximate surface area is 201 Å². The zero-order chi connectivity index (χ0) is 24.8. The molecule has 0 saturated carbocycles. The maximum atomic E-state index is 14.0. The quantitative estimate of drug-likeness (QED) is 0.449. The number of aryl methyl sites for hydroxylation is 1. The molecule has 0 spiro atoms. The van der Waals surface area contributed by atoms with Crippen LogP contribution in [0, 0.1) is 11.6 Å². The van der Waals surface area contributed by atoms with Crippen molar-refractivity contribution in [2.24, 2.45) is 0 Å². The molecule has 6 nitrogen and oxygen atoms in total. The molecule has 1 heterocycles. The molecule has 0 saturated heterocycles. The number of carbonyl (C=O) groups excluding carboxylic acids is 2. The van der Waals surface area contributed by atoms with Gasteiger partial charge in [0, 0.05) is 5.70 Å². The van der Waals surface area contributed by atoms with E-state index in [2.05, 4.69) is 10.6 Å². The first-order valence-electron chi connectivity index (χ1n) is 11.0. The van der Waals surface area contributed by atoms with Gasteiger partial charge in [-0.2, -0.15) is 0 Å². The third-order valence-corrected chi connectivity index (χ3v) is 5.64. The molecule has 1 aliphatic rings. The van der Waals surface area contributed by atoms with Gasteiger partial charge in [-0.25, -0.2) is 18.4 Å². The molecular formula is C27H24F2N2O4. The summed E-state index contributed by atoms with van der Waals surface area (Å²) < 4.78 is 38.2. The predicted molar refractivity (Wildman–Crippen MR) is 125 cm³/mol. The number of rotatable bonds is 8. The predicted octanol–water partition coefficient (Wildman–Crippen LogP) is 4.96. The van der Waals surface area contributed by atoms with E-state index >= 15 is 0 Å². The Balaban J connectivity index is 1.64. The summed E-state index contributed by atoms with van der Waals surface area (Å²) in [5.41, 5.74) is 2.40. The van der Waals surface area contributed by atoms with Crippen molar-refractivity contribution in [2.45, 2.75) is 25.5 Å². The average molecular weight is 478 g/mol. The minimum absolute atomic E-state index is 0.157. The Hall–Kier alpha value is -4.20. The number of urea groups is 1. The largest absolute Gasteiger partial charge is 0.497 e. The average Bonchev–Trinajstić information content (AvgIpc) is 2.86. The van der Waals surface area contributed by atoms with Gasteiger partial charge in [0.15, 0.2) is 0 Å². The van der Waals surface area contributed by atoms with Gasteiger partial charge in [-0.1, -0.05) is 36.4 Å². The summed E-state index contributed by atoms with van der Waals surface area (Å²) in [5, 5.41) is 5.40. The molecule has 2 N–H and O–H groups in total. The fourth-order valence-electron chi connectivity index (χ4n) is 3.91. The van der Waals surface area contributed by atoms with Gasteiger partial charge in [-0.05, 0) is 65.9 Å². The second-order valence-corrected chi connectivity index (χ2v) is 8.03. The van der Waals surface area contributed by atoms with Crippen LogP contribution in [0.15, 0.2) is 84.1 Å². The highest BCUT2D eigenvalue weighted by Gasteiger charge is 2.33. The topological polar surface area (TPSA) is 76.7 Å². The Morgan fingerprint density at radius 1 is 0.914 bits per heavy atom. The highest BCUT2D eigenvalue weighted by atomic mass is 19.1. The molecule has 3 aromatic rings. The lowest BCUT2D eigenvalue weighted by atomic mass is 9.93. The monoisotopic (exact) mass is 478 g/mol. The second-order valence-electron chi connectivity index (χ2n) is 8.03. The van der Waals surface area contributed by atoms with E-state index < -0.39 is 29.7 Å². The van der Waals surface area contributed by atoms with Crippen molar-refractivity contribution in [3.05, 3.63) is 112 Å². The van der Waals surface area contributed by atoms with Gasteiger partial charge in [-0.15, -0.1) is 0 Å². The van der Waals surface area contributed by atoms with Crippen molar-refractivity contribution < 1.29 is 27.8 Å². The molecule has 180 valence electrons.